The summed E-state index contributed by atoms with van der Waals surface area (Å²) in [7, 11) is 0. The van der Waals surface area contributed by atoms with Gasteiger partial charge in [-0.3, -0.25) is 10.3 Å². The normalized spacial score (nSPS) is 22.8. The molecule has 3 aromatic heterocycles. The highest BCUT2D eigenvalue weighted by Gasteiger charge is 2.43. The molecule has 0 aliphatic carbocycles. The number of rotatable bonds is 5. The number of fused-ring (bicyclic) bond motifs is 3. The summed E-state index contributed by atoms with van der Waals surface area (Å²) in [6.45, 7) is 1.80. The van der Waals surface area contributed by atoms with Crippen molar-refractivity contribution >= 4 is 22.6 Å². The van der Waals surface area contributed by atoms with Gasteiger partial charge < -0.3 is 14.6 Å². The molecule has 0 aromatic carbocycles. The number of hydrogen-bond acceptors (Lipinski definition) is 6. The summed E-state index contributed by atoms with van der Waals surface area (Å²) in [5.74, 6) is 1.68. The Morgan fingerprint density at radius 3 is 2.61 bits per heavy atom. The molecule has 2 fully saturated rings. The first-order valence-electron chi connectivity index (χ1n) is 10.7. The van der Waals surface area contributed by atoms with Gasteiger partial charge in [-0.15, -0.1) is 0 Å². The van der Waals surface area contributed by atoms with Crippen molar-refractivity contribution in [2.75, 3.05) is 18.5 Å². The third-order valence-corrected chi connectivity index (χ3v) is 6.21. The molecule has 0 spiro atoms. The predicted molar refractivity (Wildman–Crippen MR) is 114 cm³/mol. The van der Waals surface area contributed by atoms with Crippen LogP contribution in [-0.4, -0.2) is 57.2 Å². The summed E-state index contributed by atoms with van der Waals surface area (Å²) < 4.78 is 18.0. The summed E-state index contributed by atoms with van der Waals surface area (Å²) >= 11 is 0. The SMILES string of the molecule is Cc1ncc(-c2cc3cc(NC(=O)N4C5CC[C@H]4CC(NCCF)C5)ncc3cn2)o1. The van der Waals surface area contributed by atoms with E-state index >= 15 is 0 Å². The van der Waals surface area contributed by atoms with Gasteiger partial charge in [-0.05, 0) is 43.2 Å². The summed E-state index contributed by atoms with van der Waals surface area (Å²) in [4.78, 5) is 27.9. The van der Waals surface area contributed by atoms with E-state index in [4.69, 9.17) is 4.42 Å². The molecule has 8 nitrogen and oxygen atoms in total. The number of nitrogens with one attached hydrogen (secondary N) is 2. The van der Waals surface area contributed by atoms with Crippen LogP contribution in [0.1, 0.15) is 31.6 Å². The summed E-state index contributed by atoms with van der Waals surface area (Å²) in [5, 5.41) is 8.00. The Bertz CT molecular complexity index is 1090. The van der Waals surface area contributed by atoms with Crippen LogP contribution < -0.4 is 10.6 Å². The third-order valence-electron chi connectivity index (χ3n) is 6.21. The maximum atomic E-state index is 13.0. The second kappa shape index (κ2) is 8.22. The number of amides is 2. The van der Waals surface area contributed by atoms with Crippen LogP contribution in [0.5, 0.6) is 0 Å². The van der Waals surface area contributed by atoms with E-state index in [2.05, 4.69) is 25.6 Å². The van der Waals surface area contributed by atoms with Crippen LogP contribution in [-0.2, 0) is 0 Å². The maximum Gasteiger partial charge on any atom is 0.323 e. The fourth-order valence-electron chi connectivity index (χ4n) is 4.83. The Balaban J connectivity index is 1.31. The monoisotopic (exact) mass is 424 g/mol. The van der Waals surface area contributed by atoms with Crippen molar-refractivity contribution in [3.63, 3.8) is 0 Å². The van der Waals surface area contributed by atoms with Crippen LogP contribution in [0.2, 0.25) is 0 Å². The van der Waals surface area contributed by atoms with Crippen molar-refractivity contribution < 1.29 is 13.6 Å². The van der Waals surface area contributed by atoms with E-state index in [9.17, 15) is 9.18 Å². The molecular formula is C22H25FN6O2. The second-order valence-corrected chi connectivity index (χ2v) is 8.26. The standard InChI is InChI=1S/C22H25FN6O2/c1-13-25-12-20(31-13)19-6-14-7-21(27-11-15(14)10-26-19)28-22(30)29-17-2-3-18(29)9-16(8-17)24-5-4-23/h6-7,10-12,16-18,24H,2-5,8-9H2,1H3,(H,27,28,30)/t16?,17-,18?/m0/s1. The highest BCUT2D eigenvalue weighted by atomic mass is 19.1. The number of pyridine rings is 2. The topological polar surface area (TPSA) is 96.2 Å². The molecule has 3 atom stereocenters. The fraction of sp³-hybridized carbons (Fsp3) is 0.455. The van der Waals surface area contributed by atoms with Crippen molar-refractivity contribution in [1.29, 1.82) is 0 Å². The van der Waals surface area contributed by atoms with Gasteiger partial charge in [-0.2, -0.15) is 0 Å². The van der Waals surface area contributed by atoms with Gasteiger partial charge in [0.05, 0.1) is 6.20 Å². The number of aromatic nitrogens is 3. The smallest absolute Gasteiger partial charge is 0.323 e. The maximum absolute atomic E-state index is 13.0. The van der Waals surface area contributed by atoms with Gasteiger partial charge in [0.2, 0.25) is 0 Å². The number of halogens is 1. The van der Waals surface area contributed by atoms with E-state index in [1.807, 2.05) is 17.0 Å². The van der Waals surface area contributed by atoms with Gasteiger partial charge in [-0.1, -0.05) is 0 Å². The zero-order valence-corrected chi connectivity index (χ0v) is 17.3. The lowest BCUT2D eigenvalue weighted by Crippen LogP contribution is -2.53. The van der Waals surface area contributed by atoms with Crippen LogP contribution in [0.15, 0.2) is 35.1 Å². The number of urea groups is 1. The number of nitrogens with zero attached hydrogens (tertiary/aromatic N) is 4. The third kappa shape index (κ3) is 3.97. The first-order valence-corrected chi connectivity index (χ1v) is 10.7. The van der Waals surface area contributed by atoms with Crippen molar-refractivity contribution in [3.8, 4) is 11.5 Å². The molecule has 162 valence electrons. The highest BCUT2D eigenvalue weighted by molar-refractivity contribution is 5.92. The molecule has 2 saturated heterocycles. The average molecular weight is 424 g/mol. The molecule has 5 heterocycles. The van der Waals surface area contributed by atoms with Crippen LogP contribution in [0, 0.1) is 6.92 Å². The first-order chi connectivity index (χ1) is 15.1. The van der Waals surface area contributed by atoms with Crippen molar-refractivity contribution in [1.82, 2.24) is 25.2 Å². The van der Waals surface area contributed by atoms with Crippen LogP contribution in [0.25, 0.3) is 22.2 Å². The van der Waals surface area contributed by atoms with Gasteiger partial charge >= 0.3 is 6.03 Å². The van der Waals surface area contributed by atoms with Gasteiger partial charge in [-0.25, -0.2) is 19.2 Å². The molecule has 2 aliphatic rings. The molecule has 0 saturated carbocycles. The van der Waals surface area contributed by atoms with Crippen molar-refractivity contribution in [3.05, 3.63) is 36.6 Å². The zero-order valence-electron chi connectivity index (χ0n) is 17.3. The Morgan fingerprint density at radius 2 is 1.90 bits per heavy atom. The molecule has 0 radical (unpaired) electrons. The number of hydrogen-bond donors (Lipinski definition) is 2. The first kappa shape index (κ1) is 19.9. The van der Waals surface area contributed by atoms with Crippen LogP contribution in [0.3, 0.4) is 0 Å². The molecule has 2 bridgehead atoms. The number of carbonyl (C=O) groups excluding carboxylic acids is 1. The van der Waals surface area contributed by atoms with Gasteiger partial charge in [0.25, 0.3) is 0 Å². The molecule has 2 aliphatic heterocycles. The number of piperidine rings is 1. The minimum absolute atomic E-state index is 0.122. The van der Waals surface area contributed by atoms with E-state index in [0.29, 0.717) is 29.7 Å². The van der Waals surface area contributed by atoms with Gasteiger partial charge in [0, 0.05) is 49.4 Å². The quantitative estimate of drug-likeness (QED) is 0.649. The molecule has 2 N–H and O–H groups in total. The minimum atomic E-state index is -0.364. The van der Waals surface area contributed by atoms with Crippen LogP contribution in [0.4, 0.5) is 15.0 Å². The summed E-state index contributed by atoms with van der Waals surface area (Å²) in [5.41, 5.74) is 0.678. The fourth-order valence-corrected chi connectivity index (χ4v) is 4.83. The highest BCUT2D eigenvalue weighted by Crippen LogP contribution is 2.36. The van der Waals surface area contributed by atoms with E-state index in [0.717, 1.165) is 36.5 Å². The number of alkyl halides is 1. The molecule has 5 rings (SSSR count). The Labute approximate surface area is 179 Å². The van der Waals surface area contributed by atoms with Crippen molar-refractivity contribution in [2.24, 2.45) is 0 Å². The van der Waals surface area contributed by atoms with E-state index in [-0.39, 0.29) is 30.8 Å². The Kier molecular flexibility index (Phi) is 5.27. The molecule has 31 heavy (non-hydrogen) atoms. The lowest BCUT2D eigenvalue weighted by atomic mass is 9.97. The minimum Gasteiger partial charge on any atom is -0.439 e. The molecular weight excluding hydrogens is 399 g/mol. The largest absolute Gasteiger partial charge is 0.439 e. The molecule has 3 aromatic rings. The summed E-state index contributed by atoms with van der Waals surface area (Å²) in [6.07, 6.45) is 8.79. The summed E-state index contributed by atoms with van der Waals surface area (Å²) in [6, 6.07) is 4.27. The predicted octanol–water partition coefficient (Wildman–Crippen LogP) is 3.68. The van der Waals surface area contributed by atoms with Gasteiger partial charge in [0.1, 0.15) is 18.2 Å². The van der Waals surface area contributed by atoms with E-state index in [1.165, 1.54) is 0 Å². The second-order valence-electron chi connectivity index (χ2n) is 8.26. The van der Waals surface area contributed by atoms with Gasteiger partial charge in [0.15, 0.2) is 11.7 Å². The molecule has 2 amide bonds. The number of anilines is 1. The lowest BCUT2D eigenvalue weighted by molar-refractivity contribution is 0.141. The number of carbonyl (C=O) groups is 1. The number of oxazole rings is 1. The van der Waals surface area contributed by atoms with E-state index in [1.54, 1.807) is 25.5 Å². The number of aryl methyl sites for hydroxylation is 1. The molecule has 2 unspecified atom stereocenters. The Morgan fingerprint density at radius 1 is 1.13 bits per heavy atom. The van der Waals surface area contributed by atoms with Crippen LogP contribution >= 0.6 is 0 Å². The lowest BCUT2D eigenvalue weighted by Gasteiger charge is -2.39. The molecule has 9 heteroatoms. The van der Waals surface area contributed by atoms with Crippen molar-refractivity contribution in [2.45, 2.75) is 50.7 Å². The average Bonchev–Trinajstić information content (AvgIpc) is 3.32. The van der Waals surface area contributed by atoms with E-state index < -0.39 is 0 Å². The zero-order chi connectivity index (χ0) is 21.4. The Hall–Kier alpha value is -3.07.